The van der Waals surface area contributed by atoms with Crippen LogP contribution >= 0.6 is 0 Å². The molecule has 2 fully saturated rings. The fourth-order valence-corrected chi connectivity index (χ4v) is 2.99. The summed E-state index contributed by atoms with van der Waals surface area (Å²) in [6.45, 7) is 3.79. The van der Waals surface area contributed by atoms with Crippen LogP contribution in [-0.2, 0) is 9.53 Å². The molecule has 2 saturated carbocycles. The minimum absolute atomic E-state index is 0.0457. The molecule has 0 aromatic carbocycles. The van der Waals surface area contributed by atoms with Crippen LogP contribution in [-0.4, -0.2) is 11.6 Å². The summed E-state index contributed by atoms with van der Waals surface area (Å²) in [5, 5.41) is 0. The van der Waals surface area contributed by atoms with Gasteiger partial charge in [-0.1, -0.05) is 6.92 Å². The van der Waals surface area contributed by atoms with Crippen molar-refractivity contribution < 1.29 is 9.53 Å². The van der Waals surface area contributed by atoms with Crippen molar-refractivity contribution >= 4 is 5.97 Å². The minimum Gasteiger partial charge on any atom is -0.459 e. The van der Waals surface area contributed by atoms with E-state index in [1.165, 1.54) is 13.3 Å². The fraction of sp³-hybridized carbons (Fsp3) is 0.900. The van der Waals surface area contributed by atoms with Gasteiger partial charge in [-0.25, -0.2) is 0 Å². The molecule has 68 valence electrons. The fourth-order valence-electron chi connectivity index (χ4n) is 2.99. The van der Waals surface area contributed by atoms with Gasteiger partial charge in [0.2, 0.25) is 0 Å². The summed E-state index contributed by atoms with van der Waals surface area (Å²) < 4.78 is 5.42. The Morgan fingerprint density at radius 2 is 2.25 bits per heavy atom. The first-order valence-corrected chi connectivity index (χ1v) is 4.81. The van der Waals surface area contributed by atoms with Gasteiger partial charge in [0.05, 0.1) is 0 Å². The standard InChI is InChI=1S/C10H16O2/c1-7-5-10(12-8(2)11)4-3-9(7)6-10/h7,9H,3-6H2,1-2H3. The number of carbonyl (C=O) groups excluding carboxylic acids is 1. The van der Waals surface area contributed by atoms with E-state index in [-0.39, 0.29) is 11.6 Å². The molecule has 0 heterocycles. The number of esters is 1. The van der Waals surface area contributed by atoms with Gasteiger partial charge in [0.15, 0.2) is 0 Å². The Balaban J connectivity index is 2.08. The van der Waals surface area contributed by atoms with Gasteiger partial charge in [-0.3, -0.25) is 4.79 Å². The summed E-state index contributed by atoms with van der Waals surface area (Å²) in [5.74, 6) is 1.48. The second kappa shape index (κ2) is 2.48. The lowest BCUT2D eigenvalue weighted by Gasteiger charge is -2.27. The number of fused-ring (bicyclic) bond motifs is 2. The summed E-state index contributed by atoms with van der Waals surface area (Å²) in [6, 6.07) is 0. The third-order valence-corrected chi connectivity index (χ3v) is 3.46. The van der Waals surface area contributed by atoms with Gasteiger partial charge >= 0.3 is 5.97 Å². The van der Waals surface area contributed by atoms with Gasteiger partial charge in [-0.15, -0.1) is 0 Å². The molecule has 0 amide bonds. The molecular weight excluding hydrogens is 152 g/mol. The largest absolute Gasteiger partial charge is 0.459 e. The maximum atomic E-state index is 10.9. The highest BCUT2D eigenvalue weighted by Gasteiger charge is 2.51. The lowest BCUT2D eigenvalue weighted by molar-refractivity contribution is -0.156. The highest BCUT2D eigenvalue weighted by Crippen LogP contribution is 2.52. The third kappa shape index (κ3) is 1.13. The Kier molecular flexibility index (Phi) is 1.67. The Morgan fingerprint density at radius 3 is 2.67 bits per heavy atom. The van der Waals surface area contributed by atoms with E-state index in [1.807, 2.05) is 0 Å². The molecule has 3 unspecified atom stereocenters. The van der Waals surface area contributed by atoms with Gasteiger partial charge in [0.25, 0.3) is 0 Å². The Hall–Kier alpha value is -0.530. The molecule has 2 aliphatic carbocycles. The molecule has 2 heteroatoms. The molecule has 2 bridgehead atoms. The second-order valence-corrected chi connectivity index (χ2v) is 4.46. The number of ether oxygens (including phenoxy) is 1. The number of hydrogen-bond acceptors (Lipinski definition) is 2. The van der Waals surface area contributed by atoms with Crippen LogP contribution in [0.1, 0.15) is 39.5 Å². The highest BCUT2D eigenvalue weighted by molar-refractivity contribution is 5.66. The summed E-state index contributed by atoms with van der Waals surface area (Å²) in [4.78, 5) is 10.9. The monoisotopic (exact) mass is 168 g/mol. The van der Waals surface area contributed by atoms with Crippen molar-refractivity contribution in [3.63, 3.8) is 0 Å². The SMILES string of the molecule is CC(=O)OC12CCC(C1)C(C)C2. The zero-order chi connectivity index (χ0) is 8.77. The third-order valence-electron chi connectivity index (χ3n) is 3.46. The van der Waals surface area contributed by atoms with E-state index in [2.05, 4.69) is 6.92 Å². The van der Waals surface area contributed by atoms with Crippen LogP contribution in [0.3, 0.4) is 0 Å². The summed E-state index contributed by atoms with van der Waals surface area (Å²) in [7, 11) is 0. The van der Waals surface area contributed by atoms with Crippen LogP contribution < -0.4 is 0 Å². The van der Waals surface area contributed by atoms with Gasteiger partial charge in [-0.2, -0.15) is 0 Å². The van der Waals surface area contributed by atoms with Crippen LogP contribution in [0.5, 0.6) is 0 Å². The predicted molar refractivity (Wildman–Crippen MR) is 45.6 cm³/mol. The molecule has 0 aliphatic heterocycles. The topological polar surface area (TPSA) is 26.3 Å². The van der Waals surface area contributed by atoms with Crippen molar-refractivity contribution in [2.75, 3.05) is 0 Å². The molecule has 0 aromatic heterocycles. The van der Waals surface area contributed by atoms with Gasteiger partial charge < -0.3 is 4.74 Å². The molecule has 2 rings (SSSR count). The van der Waals surface area contributed by atoms with E-state index in [9.17, 15) is 4.79 Å². The van der Waals surface area contributed by atoms with Gasteiger partial charge in [-0.05, 0) is 37.5 Å². The average molecular weight is 168 g/mol. The number of carbonyl (C=O) groups is 1. The molecule has 0 N–H and O–H groups in total. The molecule has 2 aliphatic rings. The van der Waals surface area contributed by atoms with Crippen molar-refractivity contribution in [3.8, 4) is 0 Å². The normalized spacial score (nSPS) is 44.8. The first-order valence-electron chi connectivity index (χ1n) is 4.81. The summed E-state index contributed by atoms with van der Waals surface area (Å²) in [6.07, 6.45) is 4.57. The van der Waals surface area contributed by atoms with Crippen LogP contribution in [0.2, 0.25) is 0 Å². The first-order chi connectivity index (χ1) is 5.61. The predicted octanol–water partition coefficient (Wildman–Crippen LogP) is 2.13. The van der Waals surface area contributed by atoms with Crippen LogP contribution in [0.15, 0.2) is 0 Å². The lowest BCUT2D eigenvalue weighted by atomic mass is 9.89. The first kappa shape index (κ1) is 8.09. The van der Waals surface area contributed by atoms with E-state index in [0.29, 0.717) is 0 Å². The van der Waals surface area contributed by atoms with Crippen molar-refractivity contribution in [1.29, 1.82) is 0 Å². The maximum absolute atomic E-state index is 10.9. The van der Waals surface area contributed by atoms with Crippen molar-refractivity contribution in [2.45, 2.75) is 45.1 Å². The van der Waals surface area contributed by atoms with Gasteiger partial charge in [0, 0.05) is 6.92 Å². The molecule has 0 radical (unpaired) electrons. The van der Waals surface area contributed by atoms with E-state index in [4.69, 9.17) is 4.74 Å². The molecule has 2 nitrogen and oxygen atoms in total. The van der Waals surface area contributed by atoms with Crippen molar-refractivity contribution in [1.82, 2.24) is 0 Å². The van der Waals surface area contributed by atoms with Crippen LogP contribution in [0.4, 0.5) is 0 Å². The number of rotatable bonds is 1. The zero-order valence-electron chi connectivity index (χ0n) is 7.80. The lowest BCUT2D eigenvalue weighted by Crippen LogP contribution is -2.30. The number of hydrogen-bond donors (Lipinski definition) is 0. The molecule has 12 heavy (non-hydrogen) atoms. The Labute approximate surface area is 73.3 Å². The van der Waals surface area contributed by atoms with Crippen LogP contribution in [0, 0.1) is 11.8 Å². The Morgan fingerprint density at radius 1 is 1.50 bits per heavy atom. The molecule has 3 atom stereocenters. The van der Waals surface area contributed by atoms with Crippen LogP contribution in [0.25, 0.3) is 0 Å². The van der Waals surface area contributed by atoms with Gasteiger partial charge in [0.1, 0.15) is 5.60 Å². The maximum Gasteiger partial charge on any atom is 0.303 e. The minimum atomic E-state index is -0.107. The van der Waals surface area contributed by atoms with E-state index in [1.54, 1.807) is 0 Å². The quantitative estimate of drug-likeness (QED) is 0.561. The highest BCUT2D eigenvalue weighted by atomic mass is 16.6. The molecule has 0 spiro atoms. The van der Waals surface area contributed by atoms with E-state index >= 15 is 0 Å². The molecule has 0 aromatic rings. The Bertz CT molecular complexity index is 208. The molecular formula is C10H16O2. The van der Waals surface area contributed by atoms with E-state index < -0.39 is 0 Å². The molecule has 0 saturated heterocycles. The van der Waals surface area contributed by atoms with Crippen molar-refractivity contribution in [3.05, 3.63) is 0 Å². The second-order valence-electron chi connectivity index (χ2n) is 4.46. The smallest absolute Gasteiger partial charge is 0.303 e. The van der Waals surface area contributed by atoms with E-state index in [0.717, 1.165) is 31.1 Å². The van der Waals surface area contributed by atoms with Crippen molar-refractivity contribution in [2.24, 2.45) is 11.8 Å². The zero-order valence-corrected chi connectivity index (χ0v) is 7.80. The average Bonchev–Trinajstić information content (AvgIpc) is 2.41. The summed E-state index contributed by atoms with van der Waals surface area (Å²) in [5.41, 5.74) is -0.0457. The summed E-state index contributed by atoms with van der Waals surface area (Å²) >= 11 is 0.